The SMILES string of the molecule is NC(=O)CCNc1cc(N)cc(S(N)(=O)=O)c1. The molecule has 0 heterocycles. The van der Waals surface area contributed by atoms with E-state index in [2.05, 4.69) is 5.32 Å². The molecule has 1 aromatic carbocycles. The van der Waals surface area contributed by atoms with Crippen molar-refractivity contribution in [3.8, 4) is 0 Å². The van der Waals surface area contributed by atoms with Crippen molar-refractivity contribution in [1.29, 1.82) is 0 Å². The molecule has 0 fully saturated rings. The lowest BCUT2D eigenvalue weighted by Gasteiger charge is -2.08. The fraction of sp³-hybridized carbons (Fsp3) is 0.222. The fourth-order valence-corrected chi connectivity index (χ4v) is 1.81. The van der Waals surface area contributed by atoms with E-state index in [-0.39, 0.29) is 17.0 Å². The van der Waals surface area contributed by atoms with E-state index in [1.165, 1.54) is 18.2 Å². The van der Waals surface area contributed by atoms with E-state index in [4.69, 9.17) is 16.6 Å². The predicted octanol–water partition coefficient (Wildman–Crippen LogP) is -0.796. The topological polar surface area (TPSA) is 141 Å². The van der Waals surface area contributed by atoms with Gasteiger partial charge in [0.2, 0.25) is 15.9 Å². The first-order valence-electron chi connectivity index (χ1n) is 4.74. The molecule has 0 aliphatic rings. The molecule has 17 heavy (non-hydrogen) atoms. The molecule has 0 aliphatic heterocycles. The van der Waals surface area contributed by atoms with Crippen LogP contribution in [0.1, 0.15) is 6.42 Å². The van der Waals surface area contributed by atoms with Crippen molar-refractivity contribution < 1.29 is 13.2 Å². The minimum absolute atomic E-state index is 0.0842. The summed E-state index contributed by atoms with van der Waals surface area (Å²) in [6.45, 7) is 0.294. The van der Waals surface area contributed by atoms with Crippen molar-refractivity contribution >= 4 is 27.3 Å². The summed E-state index contributed by atoms with van der Waals surface area (Å²) in [6, 6.07) is 4.14. The Morgan fingerprint density at radius 1 is 1.29 bits per heavy atom. The van der Waals surface area contributed by atoms with Crippen molar-refractivity contribution in [2.45, 2.75) is 11.3 Å². The Kier molecular flexibility index (Phi) is 3.92. The Hall–Kier alpha value is -1.80. The van der Waals surface area contributed by atoms with Crippen molar-refractivity contribution in [2.75, 3.05) is 17.6 Å². The summed E-state index contributed by atoms with van der Waals surface area (Å²) in [6.07, 6.45) is 0.138. The van der Waals surface area contributed by atoms with E-state index < -0.39 is 15.9 Å². The Morgan fingerprint density at radius 3 is 2.47 bits per heavy atom. The molecule has 0 aromatic heterocycles. The molecule has 1 aromatic rings. The number of benzene rings is 1. The molecule has 0 spiro atoms. The number of hydrogen-bond donors (Lipinski definition) is 4. The maximum absolute atomic E-state index is 11.1. The van der Waals surface area contributed by atoms with Crippen LogP contribution in [0.5, 0.6) is 0 Å². The van der Waals surface area contributed by atoms with Crippen LogP contribution in [-0.4, -0.2) is 20.9 Å². The van der Waals surface area contributed by atoms with E-state index in [1.54, 1.807) is 0 Å². The van der Waals surface area contributed by atoms with Crippen molar-refractivity contribution in [3.05, 3.63) is 18.2 Å². The maximum Gasteiger partial charge on any atom is 0.238 e. The normalized spacial score (nSPS) is 11.1. The number of primary sulfonamides is 1. The second-order valence-corrected chi connectivity index (χ2v) is 5.04. The standard InChI is InChI=1S/C9H14N4O3S/c10-6-3-7(13-2-1-9(11)14)5-8(4-6)17(12,15)16/h3-5,13H,1-2,10H2,(H2,11,14)(H2,12,15,16). The van der Waals surface area contributed by atoms with Gasteiger partial charge in [0.1, 0.15) is 0 Å². The summed E-state index contributed by atoms with van der Waals surface area (Å²) >= 11 is 0. The smallest absolute Gasteiger partial charge is 0.238 e. The number of hydrogen-bond acceptors (Lipinski definition) is 5. The third kappa shape index (κ3) is 4.29. The highest BCUT2D eigenvalue weighted by molar-refractivity contribution is 7.89. The number of nitrogens with two attached hydrogens (primary N) is 3. The Labute approximate surface area is 99.0 Å². The van der Waals surface area contributed by atoms with Crippen LogP contribution < -0.4 is 21.9 Å². The lowest BCUT2D eigenvalue weighted by atomic mass is 10.2. The zero-order chi connectivity index (χ0) is 13.1. The van der Waals surface area contributed by atoms with Crippen LogP contribution in [0, 0.1) is 0 Å². The molecule has 0 saturated heterocycles. The van der Waals surface area contributed by atoms with E-state index in [9.17, 15) is 13.2 Å². The lowest BCUT2D eigenvalue weighted by molar-refractivity contribution is -0.117. The van der Waals surface area contributed by atoms with Crippen molar-refractivity contribution in [3.63, 3.8) is 0 Å². The van der Waals surface area contributed by atoms with Crippen LogP contribution in [0.2, 0.25) is 0 Å². The molecule has 7 nitrogen and oxygen atoms in total. The van der Waals surface area contributed by atoms with E-state index in [0.29, 0.717) is 12.2 Å². The lowest BCUT2D eigenvalue weighted by Crippen LogP contribution is -2.16. The number of primary amides is 1. The van der Waals surface area contributed by atoms with Gasteiger partial charge in [0.15, 0.2) is 0 Å². The molecule has 1 amide bonds. The Balaban J connectivity index is 2.87. The molecule has 0 aliphatic carbocycles. The highest BCUT2D eigenvalue weighted by atomic mass is 32.2. The van der Waals surface area contributed by atoms with Crippen molar-refractivity contribution in [2.24, 2.45) is 10.9 Å². The van der Waals surface area contributed by atoms with Crippen LogP contribution in [-0.2, 0) is 14.8 Å². The molecular weight excluding hydrogens is 244 g/mol. The summed E-state index contributed by atoms with van der Waals surface area (Å²) in [5, 5.41) is 7.81. The van der Waals surface area contributed by atoms with Gasteiger partial charge in [-0.1, -0.05) is 0 Å². The number of anilines is 2. The van der Waals surface area contributed by atoms with E-state index in [1.807, 2.05) is 0 Å². The number of amides is 1. The van der Waals surface area contributed by atoms with Gasteiger partial charge in [-0.05, 0) is 18.2 Å². The zero-order valence-corrected chi connectivity index (χ0v) is 9.83. The molecule has 0 bridgehead atoms. The highest BCUT2D eigenvalue weighted by Gasteiger charge is 2.09. The van der Waals surface area contributed by atoms with Gasteiger partial charge in [0.25, 0.3) is 0 Å². The second kappa shape index (κ2) is 5.02. The average molecular weight is 258 g/mol. The number of sulfonamides is 1. The molecule has 0 saturated carbocycles. The predicted molar refractivity (Wildman–Crippen MR) is 64.5 cm³/mol. The van der Waals surface area contributed by atoms with Gasteiger partial charge in [-0.25, -0.2) is 13.6 Å². The minimum atomic E-state index is -3.80. The van der Waals surface area contributed by atoms with Gasteiger partial charge in [0.05, 0.1) is 4.90 Å². The van der Waals surface area contributed by atoms with Crippen LogP contribution in [0.3, 0.4) is 0 Å². The summed E-state index contributed by atoms with van der Waals surface area (Å²) in [5.41, 5.74) is 11.2. The molecule has 7 N–H and O–H groups in total. The summed E-state index contributed by atoms with van der Waals surface area (Å²) in [5.74, 6) is -0.451. The third-order valence-electron chi connectivity index (χ3n) is 1.96. The van der Waals surface area contributed by atoms with Crippen molar-refractivity contribution in [1.82, 2.24) is 0 Å². The van der Waals surface area contributed by atoms with Crippen LogP contribution in [0.25, 0.3) is 0 Å². The third-order valence-corrected chi connectivity index (χ3v) is 2.85. The fourth-order valence-electron chi connectivity index (χ4n) is 1.22. The molecule has 8 heteroatoms. The first-order valence-corrected chi connectivity index (χ1v) is 6.29. The minimum Gasteiger partial charge on any atom is -0.399 e. The number of carbonyl (C=O) groups is 1. The number of nitrogens with one attached hydrogen (secondary N) is 1. The summed E-state index contributed by atoms with van der Waals surface area (Å²) in [7, 11) is -3.80. The Bertz CT molecular complexity index is 527. The number of carbonyl (C=O) groups excluding carboxylic acids is 1. The van der Waals surface area contributed by atoms with Gasteiger partial charge in [0, 0.05) is 24.3 Å². The first kappa shape index (κ1) is 13.3. The van der Waals surface area contributed by atoms with Gasteiger partial charge >= 0.3 is 0 Å². The summed E-state index contributed by atoms with van der Waals surface area (Å²) < 4.78 is 22.3. The van der Waals surface area contributed by atoms with E-state index in [0.717, 1.165) is 0 Å². The van der Waals surface area contributed by atoms with Gasteiger partial charge < -0.3 is 16.8 Å². The van der Waals surface area contributed by atoms with Gasteiger partial charge in [-0.15, -0.1) is 0 Å². The quantitative estimate of drug-likeness (QED) is 0.512. The number of rotatable bonds is 5. The average Bonchev–Trinajstić information content (AvgIpc) is 2.14. The first-order chi connectivity index (χ1) is 7.79. The molecule has 94 valence electrons. The Morgan fingerprint density at radius 2 is 1.94 bits per heavy atom. The number of nitrogen functional groups attached to an aromatic ring is 1. The second-order valence-electron chi connectivity index (χ2n) is 3.48. The molecule has 0 radical (unpaired) electrons. The maximum atomic E-state index is 11.1. The monoisotopic (exact) mass is 258 g/mol. The molecule has 0 atom stereocenters. The summed E-state index contributed by atoms with van der Waals surface area (Å²) in [4.78, 5) is 10.4. The zero-order valence-electron chi connectivity index (χ0n) is 9.01. The highest BCUT2D eigenvalue weighted by Crippen LogP contribution is 2.19. The van der Waals surface area contributed by atoms with E-state index >= 15 is 0 Å². The van der Waals surface area contributed by atoms with Crippen LogP contribution in [0.15, 0.2) is 23.1 Å². The van der Waals surface area contributed by atoms with Crippen LogP contribution in [0.4, 0.5) is 11.4 Å². The molecule has 1 rings (SSSR count). The van der Waals surface area contributed by atoms with Gasteiger partial charge in [-0.2, -0.15) is 0 Å². The molecule has 0 unspecified atom stereocenters. The van der Waals surface area contributed by atoms with Crippen LogP contribution >= 0.6 is 0 Å². The van der Waals surface area contributed by atoms with Gasteiger partial charge in [-0.3, -0.25) is 4.79 Å². The largest absolute Gasteiger partial charge is 0.399 e. The molecular formula is C9H14N4O3S.